The van der Waals surface area contributed by atoms with Gasteiger partial charge >= 0.3 is 0 Å². The lowest BCUT2D eigenvalue weighted by Crippen LogP contribution is -2.33. The van der Waals surface area contributed by atoms with Crippen LogP contribution in [-0.2, 0) is 0 Å². The summed E-state index contributed by atoms with van der Waals surface area (Å²) in [6.45, 7) is 0. The fraction of sp³-hybridized carbons (Fsp3) is 0.0213. The standard InChI is InChI=1S/C47H29N3O2/c1-2-12-29(13-3-1)45-48-46(32-21-22-41-37(24-32)36-18-8-9-20-40(36)51-41)50-47(49-45)39-25-33(35-19-10-16-28-11-6-7-17-34(28)35)27-43-44(39)38-23-30-14-4-5-15-31(30)26-42(38)52-43/h1-27,46H,(H,48,49,50). The zero-order chi connectivity index (χ0) is 34.2. The van der Waals surface area contributed by atoms with Gasteiger partial charge in [-0.25, -0.2) is 9.98 Å². The summed E-state index contributed by atoms with van der Waals surface area (Å²) in [6, 6.07) is 56.9. The van der Waals surface area contributed by atoms with E-state index in [0.29, 0.717) is 5.84 Å². The summed E-state index contributed by atoms with van der Waals surface area (Å²) >= 11 is 0. The van der Waals surface area contributed by atoms with E-state index in [9.17, 15) is 0 Å². The first kappa shape index (κ1) is 28.8. The largest absolute Gasteiger partial charge is 0.456 e. The van der Waals surface area contributed by atoms with Gasteiger partial charge in [-0.3, -0.25) is 0 Å². The number of fused-ring (bicyclic) bond motifs is 8. The Labute approximate surface area is 298 Å². The molecule has 0 fully saturated rings. The molecule has 0 aliphatic carbocycles. The second kappa shape index (κ2) is 11.3. The molecule has 0 spiro atoms. The van der Waals surface area contributed by atoms with Gasteiger partial charge in [0.05, 0.1) is 0 Å². The molecule has 1 unspecified atom stereocenters. The second-order valence-electron chi connectivity index (χ2n) is 13.4. The Balaban J connectivity index is 1.17. The maximum atomic E-state index is 6.75. The minimum atomic E-state index is -0.406. The predicted molar refractivity (Wildman–Crippen MR) is 213 cm³/mol. The van der Waals surface area contributed by atoms with Crippen molar-refractivity contribution in [1.82, 2.24) is 5.32 Å². The summed E-state index contributed by atoms with van der Waals surface area (Å²) < 4.78 is 12.9. The fourth-order valence-electron chi connectivity index (χ4n) is 7.80. The van der Waals surface area contributed by atoms with Crippen molar-refractivity contribution in [2.75, 3.05) is 0 Å². The third-order valence-electron chi connectivity index (χ3n) is 10.3. The molecule has 5 nitrogen and oxygen atoms in total. The van der Waals surface area contributed by atoms with Crippen molar-refractivity contribution in [1.29, 1.82) is 0 Å². The van der Waals surface area contributed by atoms with Crippen LogP contribution in [0.4, 0.5) is 0 Å². The maximum Gasteiger partial charge on any atom is 0.159 e. The molecule has 0 bridgehead atoms. The highest BCUT2D eigenvalue weighted by atomic mass is 16.3. The fourth-order valence-corrected chi connectivity index (χ4v) is 7.80. The Bertz CT molecular complexity index is 3110. The Kier molecular flexibility index (Phi) is 6.25. The number of aliphatic imine (C=N–C) groups is 2. The molecule has 0 saturated heterocycles. The van der Waals surface area contributed by atoms with Gasteiger partial charge in [-0.15, -0.1) is 0 Å². The van der Waals surface area contributed by atoms with E-state index in [1.165, 1.54) is 10.8 Å². The van der Waals surface area contributed by atoms with Crippen molar-refractivity contribution in [2.45, 2.75) is 6.17 Å². The van der Waals surface area contributed by atoms with E-state index in [-0.39, 0.29) is 0 Å². The van der Waals surface area contributed by atoms with E-state index >= 15 is 0 Å². The van der Waals surface area contributed by atoms with Crippen LogP contribution in [0.2, 0.25) is 0 Å². The third kappa shape index (κ3) is 4.56. The average molecular weight is 668 g/mol. The number of para-hydroxylation sites is 1. The Morgan fingerprint density at radius 3 is 2.04 bits per heavy atom. The first-order valence-electron chi connectivity index (χ1n) is 17.5. The molecule has 0 saturated carbocycles. The van der Waals surface area contributed by atoms with E-state index in [4.69, 9.17) is 18.8 Å². The molecular weight excluding hydrogens is 639 g/mol. The molecule has 244 valence electrons. The van der Waals surface area contributed by atoms with E-state index in [0.717, 1.165) is 88.3 Å². The minimum absolute atomic E-state index is 0.406. The number of furan rings is 2. The Morgan fingerprint density at radius 1 is 0.442 bits per heavy atom. The Hall–Kier alpha value is -6.98. The first-order valence-corrected chi connectivity index (χ1v) is 17.5. The van der Waals surface area contributed by atoms with Crippen molar-refractivity contribution >= 4 is 77.1 Å². The predicted octanol–water partition coefficient (Wildman–Crippen LogP) is 12.0. The summed E-state index contributed by atoms with van der Waals surface area (Å²) in [7, 11) is 0. The molecule has 5 heteroatoms. The number of benzene rings is 8. The van der Waals surface area contributed by atoms with Gasteiger partial charge in [-0.2, -0.15) is 0 Å². The number of amidine groups is 2. The molecular formula is C47H29N3O2. The van der Waals surface area contributed by atoms with Crippen LogP contribution in [0.5, 0.6) is 0 Å². The van der Waals surface area contributed by atoms with Gasteiger partial charge in [0.2, 0.25) is 0 Å². The highest BCUT2D eigenvalue weighted by Gasteiger charge is 2.26. The number of hydrogen-bond acceptors (Lipinski definition) is 5. The van der Waals surface area contributed by atoms with Crippen LogP contribution in [0.25, 0.3) is 76.5 Å². The molecule has 1 N–H and O–H groups in total. The molecule has 0 amide bonds. The van der Waals surface area contributed by atoms with Gasteiger partial charge in [0.25, 0.3) is 0 Å². The molecule has 52 heavy (non-hydrogen) atoms. The second-order valence-corrected chi connectivity index (χ2v) is 13.4. The molecule has 3 heterocycles. The number of hydrogen-bond donors (Lipinski definition) is 1. The first-order chi connectivity index (χ1) is 25.7. The molecule has 1 atom stereocenters. The van der Waals surface area contributed by atoms with Crippen molar-refractivity contribution in [3.63, 3.8) is 0 Å². The molecule has 1 aliphatic heterocycles. The summed E-state index contributed by atoms with van der Waals surface area (Å²) in [5, 5.41) is 12.6. The van der Waals surface area contributed by atoms with Crippen LogP contribution in [0.15, 0.2) is 183 Å². The van der Waals surface area contributed by atoms with Gasteiger partial charge in [0, 0.05) is 32.7 Å². The van der Waals surface area contributed by atoms with Gasteiger partial charge in [0.15, 0.2) is 5.84 Å². The monoisotopic (exact) mass is 667 g/mol. The van der Waals surface area contributed by atoms with Crippen molar-refractivity contribution in [2.24, 2.45) is 9.98 Å². The molecule has 2 aromatic heterocycles. The van der Waals surface area contributed by atoms with Crippen LogP contribution < -0.4 is 5.32 Å². The Morgan fingerprint density at radius 2 is 1.15 bits per heavy atom. The van der Waals surface area contributed by atoms with E-state index in [1.54, 1.807) is 0 Å². The molecule has 10 aromatic rings. The lowest BCUT2D eigenvalue weighted by atomic mass is 9.94. The van der Waals surface area contributed by atoms with Crippen LogP contribution in [-0.4, -0.2) is 11.7 Å². The summed E-state index contributed by atoms with van der Waals surface area (Å²) in [5.41, 5.74) is 8.48. The lowest BCUT2D eigenvalue weighted by molar-refractivity contribution is 0.663. The molecule has 8 aromatic carbocycles. The van der Waals surface area contributed by atoms with Crippen LogP contribution in [0.3, 0.4) is 0 Å². The highest BCUT2D eigenvalue weighted by molar-refractivity contribution is 6.24. The topological polar surface area (TPSA) is 63.0 Å². The van der Waals surface area contributed by atoms with Crippen molar-refractivity contribution < 1.29 is 8.83 Å². The summed E-state index contributed by atoms with van der Waals surface area (Å²) in [6.07, 6.45) is -0.406. The van der Waals surface area contributed by atoms with Crippen LogP contribution in [0, 0.1) is 0 Å². The highest BCUT2D eigenvalue weighted by Crippen LogP contribution is 2.40. The van der Waals surface area contributed by atoms with E-state index < -0.39 is 6.17 Å². The maximum absolute atomic E-state index is 6.75. The van der Waals surface area contributed by atoms with Gasteiger partial charge in [0.1, 0.15) is 34.3 Å². The smallest absolute Gasteiger partial charge is 0.159 e. The van der Waals surface area contributed by atoms with Crippen molar-refractivity contribution in [3.05, 3.63) is 180 Å². The molecule has 0 radical (unpaired) electrons. The van der Waals surface area contributed by atoms with E-state index in [1.807, 2.05) is 42.5 Å². The zero-order valence-electron chi connectivity index (χ0n) is 27.9. The summed E-state index contributed by atoms with van der Waals surface area (Å²) in [5.74, 6) is 1.40. The number of rotatable bonds is 4. The van der Waals surface area contributed by atoms with Crippen LogP contribution >= 0.6 is 0 Å². The SMILES string of the molecule is c1ccc(C2=NC(c3ccc4oc5ccccc5c4c3)NC(c3cc(-c4cccc5ccccc45)cc4oc5cc6ccccc6cc5c34)=N2)cc1. The third-order valence-corrected chi connectivity index (χ3v) is 10.3. The number of nitrogens with one attached hydrogen (secondary N) is 1. The average Bonchev–Trinajstić information content (AvgIpc) is 3.77. The van der Waals surface area contributed by atoms with Gasteiger partial charge < -0.3 is 14.2 Å². The van der Waals surface area contributed by atoms with E-state index in [2.05, 4.69) is 127 Å². The lowest BCUT2D eigenvalue weighted by Gasteiger charge is -2.24. The zero-order valence-corrected chi connectivity index (χ0v) is 27.9. The van der Waals surface area contributed by atoms with Gasteiger partial charge in [-0.1, -0.05) is 121 Å². The normalized spacial score (nSPS) is 14.7. The molecule has 1 aliphatic rings. The molecule has 11 rings (SSSR count). The minimum Gasteiger partial charge on any atom is -0.456 e. The summed E-state index contributed by atoms with van der Waals surface area (Å²) in [4.78, 5) is 10.5. The van der Waals surface area contributed by atoms with Crippen molar-refractivity contribution in [3.8, 4) is 11.1 Å². The van der Waals surface area contributed by atoms with Crippen LogP contribution in [0.1, 0.15) is 22.9 Å². The number of nitrogens with zero attached hydrogens (tertiary/aromatic N) is 2. The van der Waals surface area contributed by atoms with Gasteiger partial charge in [-0.05, 0) is 80.7 Å². The quantitative estimate of drug-likeness (QED) is 0.203.